The fourth-order valence-corrected chi connectivity index (χ4v) is 6.94. The SMILES string of the molecule is CC(C)c1nsc2c1C(NC1CCC(N3CCOCC3)CC1)=NC(Nc1cnn(C3CCOCC3)c1)N2. The summed E-state index contributed by atoms with van der Waals surface area (Å²) in [7, 11) is 0. The summed E-state index contributed by atoms with van der Waals surface area (Å²) in [5, 5.41) is 16.7. The van der Waals surface area contributed by atoms with Crippen LogP contribution in [0.3, 0.4) is 0 Å². The van der Waals surface area contributed by atoms with E-state index in [0.717, 1.165) is 93.0 Å². The minimum Gasteiger partial charge on any atom is -0.381 e. The Kier molecular flexibility index (Phi) is 7.64. The minimum atomic E-state index is -0.271. The van der Waals surface area contributed by atoms with Crippen LogP contribution in [0, 0.1) is 0 Å². The maximum atomic E-state index is 5.56. The number of nitrogens with zero attached hydrogens (tertiary/aromatic N) is 5. The number of nitrogens with one attached hydrogen (secondary N) is 3. The molecule has 11 heteroatoms. The lowest BCUT2D eigenvalue weighted by Gasteiger charge is -2.39. The van der Waals surface area contributed by atoms with Crippen LogP contribution in [0.25, 0.3) is 0 Å². The number of aromatic nitrogens is 3. The van der Waals surface area contributed by atoms with Gasteiger partial charge in [-0.15, -0.1) is 0 Å². The molecule has 202 valence electrons. The fourth-order valence-electron chi connectivity index (χ4n) is 5.99. The van der Waals surface area contributed by atoms with Gasteiger partial charge in [0.05, 0.1) is 42.4 Å². The Morgan fingerprint density at radius 2 is 1.73 bits per heavy atom. The fraction of sp³-hybridized carbons (Fsp3) is 0.731. The molecule has 1 saturated carbocycles. The van der Waals surface area contributed by atoms with Crippen molar-refractivity contribution in [2.75, 3.05) is 50.2 Å². The van der Waals surface area contributed by atoms with E-state index in [1.54, 1.807) is 0 Å². The highest BCUT2D eigenvalue weighted by Gasteiger charge is 2.32. The molecule has 2 aromatic rings. The van der Waals surface area contributed by atoms with Crippen molar-refractivity contribution in [3.63, 3.8) is 0 Å². The Bertz CT molecular complexity index is 1060. The van der Waals surface area contributed by atoms with Gasteiger partial charge in [-0.05, 0) is 56.0 Å². The summed E-state index contributed by atoms with van der Waals surface area (Å²) in [5.74, 6) is 1.31. The number of amidine groups is 1. The van der Waals surface area contributed by atoms with Crippen LogP contribution in [0.15, 0.2) is 17.4 Å². The number of hydrogen-bond acceptors (Lipinski definition) is 10. The van der Waals surface area contributed by atoms with E-state index >= 15 is 0 Å². The number of ether oxygens (including phenoxy) is 2. The lowest BCUT2D eigenvalue weighted by atomic mass is 9.89. The Labute approximate surface area is 223 Å². The summed E-state index contributed by atoms with van der Waals surface area (Å²) in [6.07, 6.45) is 10.5. The summed E-state index contributed by atoms with van der Waals surface area (Å²) in [4.78, 5) is 7.75. The summed E-state index contributed by atoms with van der Waals surface area (Å²) in [5.41, 5.74) is 3.23. The molecule has 0 spiro atoms. The second kappa shape index (κ2) is 11.3. The van der Waals surface area contributed by atoms with Crippen LogP contribution >= 0.6 is 11.5 Å². The van der Waals surface area contributed by atoms with Crippen molar-refractivity contribution in [3.05, 3.63) is 23.7 Å². The minimum absolute atomic E-state index is 0.271. The molecule has 10 nitrogen and oxygen atoms in total. The molecule has 37 heavy (non-hydrogen) atoms. The summed E-state index contributed by atoms with van der Waals surface area (Å²) < 4.78 is 17.9. The first-order chi connectivity index (χ1) is 18.1. The number of fused-ring (bicyclic) bond motifs is 1. The second-order valence-electron chi connectivity index (χ2n) is 10.9. The Morgan fingerprint density at radius 3 is 2.49 bits per heavy atom. The van der Waals surface area contributed by atoms with Crippen LogP contribution in [0.5, 0.6) is 0 Å². The zero-order valence-corrected chi connectivity index (χ0v) is 22.8. The second-order valence-corrected chi connectivity index (χ2v) is 11.7. The molecule has 5 heterocycles. The number of anilines is 2. The smallest absolute Gasteiger partial charge is 0.197 e. The van der Waals surface area contributed by atoms with Gasteiger partial charge in [-0.25, -0.2) is 4.99 Å². The lowest BCUT2D eigenvalue weighted by Crippen LogP contribution is -2.48. The molecule has 0 amide bonds. The van der Waals surface area contributed by atoms with Crippen molar-refractivity contribution < 1.29 is 9.47 Å². The van der Waals surface area contributed by atoms with Gasteiger partial charge in [-0.2, -0.15) is 9.47 Å². The summed E-state index contributed by atoms with van der Waals surface area (Å²) in [6, 6.07) is 1.51. The highest BCUT2D eigenvalue weighted by atomic mass is 32.1. The molecule has 4 aliphatic rings. The van der Waals surface area contributed by atoms with Gasteiger partial charge in [0, 0.05) is 44.6 Å². The number of aliphatic imine (C=N–C) groups is 1. The van der Waals surface area contributed by atoms with E-state index in [2.05, 4.69) is 50.7 Å². The van der Waals surface area contributed by atoms with Crippen molar-refractivity contribution >= 4 is 28.1 Å². The van der Waals surface area contributed by atoms with E-state index in [-0.39, 0.29) is 6.29 Å². The van der Waals surface area contributed by atoms with Gasteiger partial charge in [-0.1, -0.05) is 13.8 Å². The predicted octanol–water partition coefficient (Wildman–Crippen LogP) is 3.62. The van der Waals surface area contributed by atoms with Gasteiger partial charge in [-0.3, -0.25) is 9.58 Å². The van der Waals surface area contributed by atoms with Crippen LogP contribution in [0.2, 0.25) is 0 Å². The van der Waals surface area contributed by atoms with Crippen LogP contribution < -0.4 is 16.0 Å². The standard InChI is InChI=1S/C26H40N8O2S/c1-17(2)23-22-24(28-18-3-5-20(6-4-18)33-9-13-36-14-10-33)30-26(31-25(22)37-32-23)29-19-15-27-34(16-19)21-7-11-35-12-8-21/h15-18,20-21,26,29,31H,3-14H2,1-2H3,(H,28,30). The molecule has 2 saturated heterocycles. The number of morpholine rings is 1. The van der Waals surface area contributed by atoms with Gasteiger partial charge in [0.15, 0.2) is 6.29 Å². The van der Waals surface area contributed by atoms with Crippen molar-refractivity contribution in [1.29, 1.82) is 0 Å². The quantitative estimate of drug-likeness (QED) is 0.523. The van der Waals surface area contributed by atoms with Crippen molar-refractivity contribution in [2.45, 2.75) is 82.7 Å². The lowest BCUT2D eigenvalue weighted by molar-refractivity contribution is 0.00704. The third-order valence-electron chi connectivity index (χ3n) is 8.10. The molecule has 0 bridgehead atoms. The van der Waals surface area contributed by atoms with Gasteiger partial charge in [0.1, 0.15) is 10.8 Å². The predicted molar refractivity (Wildman–Crippen MR) is 147 cm³/mol. The van der Waals surface area contributed by atoms with E-state index < -0.39 is 0 Å². The number of hydrogen-bond donors (Lipinski definition) is 3. The zero-order valence-electron chi connectivity index (χ0n) is 22.0. The van der Waals surface area contributed by atoms with Crippen molar-refractivity contribution in [3.8, 4) is 0 Å². The molecule has 2 aromatic heterocycles. The molecule has 0 radical (unpaired) electrons. The van der Waals surface area contributed by atoms with E-state index in [4.69, 9.17) is 18.8 Å². The van der Waals surface area contributed by atoms with E-state index in [1.165, 1.54) is 24.4 Å². The Balaban J connectivity index is 1.15. The summed E-state index contributed by atoms with van der Waals surface area (Å²) in [6.45, 7) is 9.90. The third-order valence-corrected chi connectivity index (χ3v) is 8.89. The Hall–Kier alpha value is -2.21. The average molecular weight is 529 g/mol. The van der Waals surface area contributed by atoms with Crippen molar-refractivity contribution in [1.82, 2.24) is 24.4 Å². The topological polar surface area (TPSA) is 101 Å². The molecule has 3 fully saturated rings. The average Bonchev–Trinajstić information content (AvgIpc) is 3.58. The van der Waals surface area contributed by atoms with Gasteiger partial charge >= 0.3 is 0 Å². The van der Waals surface area contributed by atoms with Crippen LogP contribution in [-0.2, 0) is 9.47 Å². The van der Waals surface area contributed by atoms with Crippen LogP contribution in [0.1, 0.15) is 75.6 Å². The van der Waals surface area contributed by atoms with E-state index in [1.807, 2.05) is 6.20 Å². The highest BCUT2D eigenvalue weighted by Crippen LogP contribution is 2.34. The first kappa shape index (κ1) is 25.1. The van der Waals surface area contributed by atoms with Crippen molar-refractivity contribution in [2.24, 2.45) is 4.99 Å². The van der Waals surface area contributed by atoms with Crippen LogP contribution in [0.4, 0.5) is 10.7 Å². The molecular formula is C26H40N8O2S. The number of rotatable bonds is 6. The molecule has 1 unspecified atom stereocenters. The Morgan fingerprint density at radius 1 is 0.973 bits per heavy atom. The van der Waals surface area contributed by atoms with Gasteiger partial charge in [0.2, 0.25) is 0 Å². The zero-order chi connectivity index (χ0) is 25.2. The highest BCUT2D eigenvalue weighted by molar-refractivity contribution is 7.10. The molecule has 3 N–H and O–H groups in total. The summed E-state index contributed by atoms with van der Waals surface area (Å²) >= 11 is 1.53. The van der Waals surface area contributed by atoms with Gasteiger partial charge < -0.3 is 25.4 Å². The largest absolute Gasteiger partial charge is 0.381 e. The maximum absolute atomic E-state index is 5.56. The molecule has 1 atom stereocenters. The monoisotopic (exact) mass is 528 g/mol. The molecular weight excluding hydrogens is 488 g/mol. The first-order valence-corrected chi connectivity index (χ1v) is 14.7. The molecule has 0 aromatic carbocycles. The van der Waals surface area contributed by atoms with Gasteiger partial charge in [0.25, 0.3) is 0 Å². The van der Waals surface area contributed by atoms with E-state index in [0.29, 0.717) is 24.0 Å². The molecule has 6 rings (SSSR count). The van der Waals surface area contributed by atoms with Crippen LogP contribution in [-0.4, -0.2) is 82.8 Å². The first-order valence-electron chi connectivity index (χ1n) is 13.9. The molecule has 1 aliphatic carbocycles. The normalized spacial score (nSPS) is 27.4. The molecule has 3 aliphatic heterocycles. The third kappa shape index (κ3) is 5.64. The van der Waals surface area contributed by atoms with E-state index in [9.17, 15) is 0 Å². The maximum Gasteiger partial charge on any atom is 0.197 e.